The predicted molar refractivity (Wildman–Crippen MR) is 109 cm³/mol. The molecule has 0 saturated carbocycles. The van der Waals surface area contributed by atoms with Gasteiger partial charge in [0.1, 0.15) is 5.75 Å². The Morgan fingerprint density at radius 2 is 1.58 bits per heavy atom. The molecule has 0 aliphatic carbocycles. The highest BCUT2D eigenvalue weighted by molar-refractivity contribution is 14.0. The number of methoxy groups -OCH3 is 3. The van der Waals surface area contributed by atoms with Gasteiger partial charge >= 0.3 is 0 Å². The van der Waals surface area contributed by atoms with Crippen molar-refractivity contribution in [1.82, 2.24) is 10.6 Å². The molecule has 1 rings (SSSR count). The van der Waals surface area contributed by atoms with E-state index in [1.54, 1.807) is 28.4 Å². The molecule has 0 aromatic heterocycles. The molecule has 0 heterocycles. The highest BCUT2D eigenvalue weighted by Gasteiger charge is 2.12. The maximum Gasteiger partial charge on any atom is 0.191 e. The van der Waals surface area contributed by atoms with Crippen molar-refractivity contribution in [3.05, 3.63) is 17.7 Å². The van der Waals surface area contributed by atoms with Gasteiger partial charge in [-0.05, 0) is 18.4 Å². The van der Waals surface area contributed by atoms with E-state index in [2.05, 4.69) is 29.5 Å². The molecule has 138 valence electrons. The van der Waals surface area contributed by atoms with E-state index in [0.717, 1.165) is 30.2 Å². The second-order valence-corrected chi connectivity index (χ2v) is 5.55. The summed E-state index contributed by atoms with van der Waals surface area (Å²) in [5.41, 5.74) is 0.969. The first-order valence-electron chi connectivity index (χ1n) is 7.79. The smallest absolute Gasteiger partial charge is 0.191 e. The van der Waals surface area contributed by atoms with Crippen LogP contribution in [0, 0.1) is 5.92 Å². The van der Waals surface area contributed by atoms with Gasteiger partial charge < -0.3 is 24.8 Å². The zero-order valence-electron chi connectivity index (χ0n) is 15.4. The van der Waals surface area contributed by atoms with Crippen LogP contribution in [0.1, 0.15) is 25.8 Å². The summed E-state index contributed by atoms with van der Waals surface area (Å²) in [6.45, 7) is 5.87. The summed E-state index contributed by atoms with van der Waals surface area (Å²) < 4.78 is 16.1. The van der Waals surface area contributed by atoms with Crippen molar-refractivity contribution >= 4 is 29.9 Å². The third-order valence-electron chi connectivity index (χ3n) is 3.47. The summed E-state index contributed by atoms with van der Waals surface area (Å²) in [6.07, 6.45) is 1.10. The van der Waals surface area contributed by atoms with Gasteiger partial charge in [0, 0.05) is 31.8 Å². The van der Waals surface area contributed by atoms with Gasteiger partial charge in [-0.3, -0.25) is 4.99 Å². The first kappa shape index (κ1) is 22.6. The first-order valence-corrected chi connectivity index (χ1v) is 7.79. The summed E-state index contributed by atoms with van der Waals surface area (Å²) in [4.78, 5) is 4.23. The highest BCUT2D eigenvalue weighted by atomic mass is 127. The molecule has 0 aliphatic heterocycles. The normalized spacial score (nSPS) is 10.9. The monoisotopic (exact) mass is 451 g/mol. The molecule has 1 aromatic rings. The molecule has 2 N–H and O–H groups in total. The summed E-state index contributed by atoms with van der Waals surface area (Å²) in [7, 11) is 6.63. The standard InChI is InChI=1S/C17H29N3O3.HI/c1-12(2)7-8-19-17(18-3)20-11-13-9-15(22-5)16(23-6)10-14(13)21-4;/h9-10,12H,7-8,11H2,1-6H3,(H2,18,19,20);1H. The topological polar surface area (TPSA) is 64.1 Å². The van der Waals surface area contributed by atoms with E-state index in [-0.39, 0.29) is 24.0 Å². The lowest BCUT2D eigenvalue weighted by Gasteiger charge is -2.16. The Morgan fingerprint density at radius 3 is 2.08 bits per heavy atom. The maximum absolute atomic E-state index is 5.43. The molecule has 0 fully saturated rings. The van der Waals surface area contributed by atoms with E-state index < -0.39 is 0 Å². The van der Waals surface area contributed by atoms with E-state index in [1.807, 2.05) is 12.1 Å². The fourth-order valence-corrected chi connectivity index (χ4v) is 2.11. The molecule has 0 saturated heterocycles. The van der Waals surface area contributed by atoms with Crippen LogP contribution in [0.2, 0.25) is 0 Å². The Morgan fingerprint density at radius 1 is 1.00 bits per heavy atom. The lowest BCUT2D eigenvalue weighted by molar-refractivity contribution is 0.347. The number of rotatable bonds is 8. The summed E-state index contributed by atoms with van der Waals surface area (Å²) in [5, 5.41) is 6.59. The van der Waals surface area contributed by atoms with Crippen molar-refractivity contribution in [3.8, 4) is 17.2 Å². The van der Waals surface area contributed by atoms with Crippen molar-refractivity contribution in [1.29, 1.82) is 0 Å². The fraction of sp³-hybridized carbons (Fsp3) is 0.588. The van der Waals surface area contributed by atoms with Crippen LogP contribution in [0.5, 0.6) is 17.2 Å². The Balaban J connectivity index is 0.00000529. The minimum atomic E-state index is 0. The van der Waals surface area contributed by atoms with E-state index in [1.165, 1.54) is 0 Å². The van der Waals surface area contributed by atoms with Gasteiger partial charge in [0.05, 0.1) is 21.3 Å². The van der Waals surface area contributed by atoms with E-state index in [0.29, 0.717) is 24.0 Å². The Labute approximate surface area is 162 Å². The van der Waals surface area contributed by atoms with E-state index in [4.69, 9.17) is 14.2 Å². The SMILES string of the molecule is CN=C(NCCC(C)C)NCc1cc(OC)c(OC)cc1OC.I. The van der Waals surface area contributed by atoms with Crippen molar-refractivity contribution in [2.75, 3.05) is 34.9 Å². The predicted octanol–water partition coefficient (Wildman–Crippen LogP) is 3.04. The van der Waals surface area contributed by atoms with Gasteiger partial charge in [-0.15, -0.1) is 24.0 Å². The van der Waals surface area contributed by atoms with Crippen LogP contribution in [0.25, 0.3) is 0 Å². The minimum Gasteiger partial charge on any atom is -0.496 e. The average Bonchev–Trinajstić information content (AvgIpc) is 2.56. The number of hydrogen-bond acceptors (Lipinski definition) is 4. The number of nitrogens with one attached hydrogen (secondary N) is 2. The maximum atomic E-state index is 5.43. The lowest BCUT2D eigenvalue weighted by Crippen LogP contribution is -2.37. The van der Waals surface area contributed by atoms with Crippen molar-refractivity contribution in [2.45, 2.75) is 26.8 Å². The number of halogens is 1. The molecule has 7 heteroatoms. The molecular formula is C17H30IN3O3. The van der Waals surface area contributed by atoms with Crippen molar-refractivity contribution in [2.24, 2.45) is 10.9 Å². The van der Waals surface area contributed by atoms with Crippen LogP contribution >= 0.6 is 24.0 Å². The minimum absolute atomic E-state index is 0. The Kier molecular flexibility index (Phi) is 11.4. The average molecular weight is 451 g/mol. The zero-order valence-corrected chi connectivity index (χ0v) is 17.8. The van der Waals surface area contributed by atoms with Crippen LogP contribution < -0.4 is 24.8 Å². The second kappa shape index (κ2) is 12.0. The molecule has 0 radical (unpaired) electrons. The fourth-order valence-electron chi connectivity index (χ4n) is 2.11. The summed E-state index contributed by atoms with van der Waals surface area (Å²) in [6, 6.07) is 3.73. The molecule has 0 unspecified atom stereocenters. The molecule has 0 atom stereocenters. The molecular weight excluding hydrogens is 421 g/mol. The first-order chi connectivity index (χ1) is 11.0. The van der Waals surface area contributed by atoms with E-state index >= 15 is 0 Å². The van der Waals surface area contributed by atoms with Gasteiger partial charge in [0.15, 0.2) is 17.5 Å². The zero-order chi connectivity index (χ0) is 17.2. The highest BCUT2D eigenvalue weighted by Crippen LogP contribution is 2.34. The molecule has 0 amide bonds. The molecule has 1 aromatic carbocycles. The van der Waals surface area contributed by atoms with E-state index in [9.17, 15) is 0 Å². The van der Waals surface area contributed by atoms with Crippen molar-refractivity contribution in [3.63, 3.8) is 0 Å². The van der Waals surface area contributed by atoms with Crippen LogP contribution in [-0.4, -0.2) is 40.9 Å². The summed E-state index contributed by atoms with van der Waals surface area (Å²) in [5.74, 6) is 3.49. The molecule has 0 aliphatic rings. The Hall–Kier alpha value is -1.38. The molecule has 24 heavy (non-hydrogen) atoms. The third kappa shape index (κ3) is 7.02. The van der Waals surface area contributed by atoms with Gasteiger partial charge in [0.2, 0.25) is 0 Å². The molecule has 0 spiro atoms. The van der Waals surface area contributed by atoms with Gasteiger partial charge in [0.25, 0.3) is 0 Å². The number of ether oxygens (including phenoxy) is 3. The number of aliphatic imine (C=N–C) groups is 1. The van der Waals surface area contributed by atoms with Crippen LogP contribution in [0.4, 0.5) is 0 Å². The second-order valence-electron chi connectivity index (χ2n) is 5.55. The van der Waals surface area contributed by atoms with Crippen LogP contribution in [-0.2, 0) is 6.54 Å². The number of guanidine groups is 1. The number of nitrogens with zero attached hydrogens (tertiary/aromatic N) is 1. The quantitative estimate of drug-likeness (QED) is 0.362. The largest absolute Gasteiger partial charge is 0.496 e. The van der Waals surface area contributed by atoms with Crippen LogP contribution in [0.3, 0.4) is 0 Å². The van der Waals surface area contributed by atoms with Crippen molar-refractivity contribution < 1.29 is 14.2 Å². The van der Waals surface area contributed by atoms with Crippen LogP contribution in [0.15, 0.2) is 17.1 Å². The third-order valence-corrected chi connectivity index (χ3v) is 3.47. The van der Waals surface area contributed by atoms with Gasteiger partial charge in [-0.1, -0.05) is 13.8 Å². The lowest BCUT2D eigenvalue weighted by atomic mass is 10.1. The van der Waals surface area contributed by atoms with Gasteiger partial charge in [-0.25, -0.2) is 0 Å². The molecule has 0 bridgehead atoms. The number of benzene rings is 1. The Bertz CT molecular complexity index is 522. The summed E-state index contributed by atoms with van der Waals surface area (Å²) >= 11 is 0. The van der Waals surface area contributed by atoms with Gasteiger partial charge in [-0.2, -0.15) is 0 Å². The molecule has 6 nitrogen and oxygen atoms in total. The number of hydrogen-bond donors (Lipinski definition) is 2.